The summed E-state index contributed by atoms with van der Waals surface area (Å²) in [5.74, 6) is -0.0771. The van der Waals surface area contributed by atoms with Gasteiger partial charge in [-0.05, 0) is 35.4 Å². The Hall–Kier alpha value is -2.65. The number of carbonyl (C=O) groups is 1. The summed E-state index contributed by atoms with van der Waals surface area (Å²) in [6.07, 6.45) is 5.83. The molecule has 0 saturated carbocycles. The molecule has 0 atom stereocenters. The van der Waals surface area contributed by atoms with Crippen LogP contribution in [0.4, 0.5) is 0 Å². The summed E-state index contributed by atoms with van der Waals surface area (Å²) in [5.41, 5.74) is 2.75. The SMILES string of the molecule is O=C(Cc1ccc(Cl)cc1)n1ccc(C=Cc2ccccc2)n1. The third-order valence-electron chi connectivity index (χ3n) is 3.38. The van der Waals surface area contributed by atoms with Gasteiger partial charge in [0.15, 0.2) is 0 Å². The monoisotopic (exact) mass is 322 g/mol. The van der Waals surface area contributed by atoms with Crippen molar-refractivity contribution in [2.24, 2.45) is 0 Å². The van der Waals surface area contributed by atoms with E-state index in [1.807, 2.05) is 60.7 Å². The van der Waals surface area contributed by atoms with E-state index >= 15 is 0 Å². The molecular weight excluding hydrogens is 308 g/mol. The summed E-state index contributed by atoms with van der Waals surface area (Å²) in [4.78, 5) is 12.2. The topological polar surface area (TPSA) is 34.9 Å². The lowest BCUT2D eigenvalue weighted by molar-refractivity contribution is 0.0898. The van der Waals surface area contributed by atoms with Crippen LogP contribution in [0.2, 0.25) is 5.02 Å². The average molecular weight is 323 g/mol. The molecule has 0 radical (unpaired) electrons. The van der Waals surface area contributed by atoms with Crippen LogP contribution < -0.4 is 0 Å². The number of aromatic nitrogens is 2. The maximum Gasteiger partial charge on any atom is 0.251 e. The predicted molar refractivity (Wildman–Crippen MR) is 93.4 cm³/mol. The van der Waals surface area contributed by atoms with Crippen molar-refractivity contribution >= 4 is 29.7 Å². The largest absolute Gasteiger partial charge is 0.272 e. The Kier molecular flexibility index (Phi) is 4.69. The molecule has 0 aliphatic heterocycles. The summed E-state index contributed by atoms with van der Waals surface area (Å²) in [6, 6.07) is 19.0. The summed E-state index contributed by atoms with van der Waals surface area (Å²) in [6.45, 7) is 0. The van der Waals surface area contributed by atoms with Crippen molar-refractivity contribution in [2.75, 3.05) is 0 Å². The van der Waals surface area contributed by atoms with Crippen LogP contribution >= 0.6 is 11.6 Å². The molecule has 1 aromatic heterocycles. The van der Waals surface area contributed by atoms with Crippen LogP contribution in [0.25, 0.3) is 12.2 Å². The molecule has 114 valence electrons. The van der Waals surface area contributed by atoms with Crippen molar-refractivity contribution in [3.8, 4) is 0 Å². The van der Waals surface area contributed by atoms with Crippen molar-refractivity contribution in [3.63, 3.8) is 0 Å². The summed E-state index contributed by atoms with van der Waals surface area (Å²) in [5, 5.41) is 4.95. The number of rotatable bonds is 4. The van der Waals surface area contributed by atoms with Crippen molar-refractivity contribution < 1.29 is 4.79 Å². The maximum absolute atomic E-state index is 12.2. The van der Waals surface area contributed by atoms with E-state index in [-0.39, 0.29) is 5.91 Å². The zero-order chi connectivity index (χ0) is 16.1. The first-order valence-corrected chi connectivity index (χ1v) is 7.65. The number of nitrogens with zero attached hydrogens (tertiary/aromatic N) is 2. The Bertz CT molecular complexity index is 820. The molecule has 0 fully saturated rings. The van der Waals surface area contributed by atoms with Gasteiger partial charge in [0.05, 0.1) is 12.1 Å². The van der Waals surface area contributed by atoms with Gasteiger partial charge in [0.25, 0.3) is 5.91 Å². The van der Waals surface area contributed by atoms with E-state index in [0.29, 0.717) is 11.4 Å². The lowest BCUT2D eigenvalue weighted by Gasteiger charge is -2.01. The van der Waals surface area contributed by atoms with Crippen molar-refractivity contribution in [2.45, 2.75) is 6.42 Å². The molecule has 0 aliphatic carbocycles. The second kappa shape index (κ2) is 7.07. The average Bonchev–Trinajstić information content (AvgIpc) is 3.05. The van der Waals surface area contributed by atoms with Crippen molar-refractivity contribution in [3.05, 3.63) is 88.7 Å². The van der Waals surface area contributed by atoms with E-state index in [4.69, 9.17) is 11.6 Å². The predicted octanol–water partition coefficient (Wildman–Crippen LogP) is 4.59. The third-order valence-corrected chi connectivity index (χ3v) is 3.63. The van der Waals surface area contributed by atoms with Gasteiger partial charge in [-0.15, -0.1) is 0 Å². The zero-order valence-corrected chi connectivity index (χ0v) is 13.1. The lowest BCUT2D eigenvalue weighted by Crippen LogP contribution is -2.14. The van der Waals surface area contributed by atoms with E-state index < -0.39 is 0 Å². The molecule has 0 amide bonds. The number of benzene rings is 2. The first-order chi connectivity index (χ1) is 11.2. The van der Waals surface area contributed by atoms with Gasteiger partial charge in [-0.25, -0.2) is 4.68 Å². The highest BCUT2D eigenvalue weighted by Gasteiger charge is 2.07. The smallest absolute Gasteiger partial charge is 0.251 e. The zero-order valence-electron chi connectivity index (χ0n) is 12.4. The molecule has 0 bridgehead atoms. The molecule has 3 nitrogen and oxygen atoms in total. The number of halogens is 1. The third kappa shape index (κ3) is 4.18. The normalized spacial score (nSPS) is 11.0. The Morgan fingerprint density at radius 3 is 2.48 bits per heavy atom. The van der Waals surface area contributed by atoms with Gasteiger partial charge >= 0.3 is 0 Å². The van der Waals surface area contributed by atoms with Gasteiger partial charge in [0, 0.05) is 11.2 Å². The second-order valence-electron chi connectivity index (χ2n) is 5.13. The minimum absolute atomic E-state index is 0.0771. The summed E-state index contributed by atoms with van der Waals surface area (Å²) >= 11 is 5.84. The molecule has 0 spiro atoms. The standard InChI is InChI=1S/C19H15ClN2O/c20-17-9-6-16(7-10-17)14-19(23)22-13-12-18(21-22)11-8-15-4-2-1-3-5-15/h1-13H,14H2. The fourth-order valence-corrected chi connectivity index (χ4v) is 2.30. The molecule has 2 aromatic carbocycles. The fraction of sp³-hybridized carbons (Fsp3) is 0.0526. The molecule has 0 aliphatic rings. The van der Waals surface area contributed by atoms with Crippen molar-refractivity contribution in [1.29, 1.82) is 0 Å². The van der Waals surface area contributed by atoms with E-state index in [0.717, 1.165) is 16.8 Å². The first-order valence-electron chi connectivity index (χ1n) is 7.27. The van der Waals surface area contributed by atoms with E-state index in [2.05, 4.69) is 5.10 Å². The summed E-state index contributed by atoms with van der Waals surface area (Å²) in [7, 11) is 0. The van der Waals surface area contributed by atoms with Crippen LogP contribution in [0.5, 0.6) is 0 Å². The summed E-state index contributed by atoms with van der Waals surface area (Å²) < 4.78 is 1.37. The Morgan fingerprint density at radius 2 is 1.74 bits per heavy atom. The number of carbonyl (C=O) groups excluding carboxylic acids is 1. The van der Waals surface area contributed by atoms with Crippen LogP contribution in [0, 0.1) is 0 Å². The molecule has 1 heterocycles. The quantitative estimate of drug-likeness (QED) is 0.704. The van der Waals surface area contributed by atoms with E-state index in [9.17, 15) is 4.79 Å². The highest BCUT2D eigenvalue weighted by atomic mass is 35.5. The molecule has 0 unspecified atom stereocenters. The second-order valence-corrected chi connectivity index (χ2v) is 5.56. The van der Waals surface area contributed by atoms with E-state index in [1.54, 1.807) is 18.3 Å². The molecular formula is C19H15ClN2O. The maximum atomic E-state index is 12.2. The molecule has 4 heteroatoms. The fourth-order valence-electron chi connectivity index (χ4n) is 2.17. The Morgan fingerprint density at radius 1 is 1.00 bits per heavy atom. The minimum Gasteiger partial charge on any atom is -0.272 e. The molecule has 23 heavy (non-hydrogen) atoms. The van der Waals surface area contributed by atoms with Crippen LogP contribution in [0.15, 0.2) is 66.9 Å². The Balaban J connectivity index is 1.67. The van der Waals surface area contributed by atoms with Gasteiger partial charge in [-0.2, -0.15) is 5.10 Å². The van der Waals surface area contributed by atoms with E-state index in [1.165, 1.54) is 4.68 Å². The Labute approximate surface area is 139 Å². The van der Waals surface area contributed by atoms with Gasteiger partial charge in [0.1, 0.15) is 0 Å². The molecule has 3 rings (SSSR count). The molecule has 0 saturated heterocycles. The van der Waals surface area contributed by atoms with Crippen LogP contribution in [0.3, 0.4) is 0 Å². The van der Waals surface area contributed by atoms with Crippen molar-refractivity contribution in [1.82, 2.24) is 9.78 Å². The van der Waals surface area contributed by atoms with Gasteiger partial charge in [-0.3, -0.25) is 4.79 Å². The lowest BCUT2D eigenvalue weighted by atomic mass is 10.1. The number of hydrogen-bond donors (Lipinski definition) is 0. The molecule has 3 aromatic rings. The van der Waals surface area contributed by atoms with Crippen LogP contribution in [-0.2, 0) is 6.42 Å². The van der Waals surface area contributed by atoms with Gasteiger partial charge in [-0.1, -0.05) is 60.1 Å². The molecule has 0 N–H and O–H groups in total. The van der Waals surface area contributed by atoms with Crippen LogP contribution in [-0.4, -0.2) is 15.7 Å². The minimum atomic E-state index is -0.0771. The van der Waals surface area contributed by atoms with Gasteiger partial charge in [0.2, 0.25) is 0 Å². The first kappa shape index (κ1) is 15.3. The highest BCUT2D eigenvalue weighted by molar-refractivity contribution is 6.30. The van der Waals surface area contributed by atoms with Gasteiger partial charge < -0.3 is 0 Å². The number of hydrogen-bond acceptors (Lipinski definition) is 2. The van der Waals surface area contributed by atoms with Crippen LogP contribution in [0.1, 0.15) is 21.6 Å². The highest BCUT2D eigenvalue weighted by Crippen LogP contribution is 2.11.